The second-order valence-corrected chi connectivity index (χ2v) is 11.7. The Balaban J connectivity index is 1.15. The van der Waals surface area contributed by atoms with Gasteiger partial charge in [-0.1, -0.05) is 55.5 Å². The van der Waals surface area contributed by atoms with Crippen molar-refractivity contribution >= 4 is 28.0 Å². The molecule has 0 radical (unpaired) electrons. The molecule has 2 fully saturated rings. The molecule has 2 aromatic carbocycles. The van der Waals surface area contributed by atoms with Crippen LogP contribution in [0.4, 0.5) is 5.82 Å². The van der Waals surface area contributed by atoms with Crippen molar-refractivity contribution in [1.29, 1.82) is 0 Å². The van der Waals surface area contributed by atoms with Gasteiger partial charge in [0.15, 0.2) is 0 Å². The SMILES string of the molecule is CCCC(=O)C1CCN([C@H]2C[C@@H](c3nc(-c4ccc5ccc(-c6ccccc6)nc5c4)c4c(N)nccn43)C2)CC1. The van der Waals surface area contributed by atoms with Gasteiger partial charge in [0, 0.05) is 53.2 Å². The molecule has 7 nitrogen and oxygen atoms in total. The molecule has 0 spiro atoms. The summed E-state index contributed by atoms with van der Waals surface area (Å²) < 4.78 is 2.15. The van der Waals surface area contributed by atoms with Crippen LogP contribution < -0.4 is 5.73 Å². The predicted octanol–water partition coefficient (Wildman–Crippen LogP) is 6.52. The minimum absolute atomic E-state index is 0.261. The summed E-state index contributed by atoms with van der Waals surface area (Å²) in [6, 6.07) is 21.3. The summed E-state index contributed by atoms with van der Waals surface area (Å²) >= 11 is 0. The van der Waals surface area contributed by atoms with E-state index in [-0.39, 0.29) is 5.92 Å². The molecule has 2 N–H and O–H groups in total. The van der Waals surface area contributed by atoms with Crippen LogP contribution in [-0.2, 0) is 4.79 Å². The summed E-state index contributed by atoms with van der Waals surface area (Å²) in [7, 11) is 0. The minimum Gasteiger partial charge on any atom is -0.382 e. The van der Waals surface area contributed by atoms with E-state index in [2.05, 4.69) is 63.7 Å². The number of Topliss-reactive ketones (excluding diaryl/α,β-unsaturated/α-hetero) is 1. The monoisotopic (exact) mass is 544 g/mol. The summed E-state index contributed by atoms with van der Waals surface area (Å²) in [6.45, 7) is 4.14. The van der Waals surface area contributed by atoms with Crippen LogP contribution in [0.25, 0.3) is 38.9 Å². The van der Waals surface area contributed by atoms with Crippen LogP contribution in [-0.4, -0.2) is 49.2 Å². The number of nitrogen functional groups attached to an aromatic ring is 1. The first-order chi connectivity index (χ1) is 20.1. The molecular formula is C34H36N6O. The zero-order valence-electron chi connectivity index (χ0n) is 23.5. The number of nitrogens with two attached hydrogens (primary N) is 1. The van der Waals surface area contributed by atoms with Crippen molar-refractivity contribution in [1.82, 2.24) is 24.3 Å². The number of hydrogen-bond acceptors (Lipinski definition) is 6. The molecular weight excluding hydrogens is 508 g/mol. The summed E-state index contributed by atoms with van der Waals surface area (Å²) in [5.74, 6) is 2.63. The molecule has 1 aliphatic heterocycles. The van der Waals surface area contributed by atoms with Gasteiger partial charge in [-0.25, -0.2) is 15.0 Å². The number of ketones is 1. The Bertz CT molecular complexity index is 1710. The van der Waals surface area contributed by atoms with Crippen LogP contribution in [0.5, 0.6) is 0 Å². The average molecular weight is 545 g/mol. The number of rotatable bonds is 7. The van der Waals surface area contributed by atoms with Crippen LogP contribution in [0.2, 0.25) is 0 Å². The number of carbonyl (C=O) groups excluding carboxylic acids is 1. The smallest absolute Gasteiger partial charge is 0.150 e. The number of carbonyl (C=O) groups is 1. The second-order valence-electron chi connectivity index (χ2n) is 11.7. The van der Waals surface area contributed by atoms with E-state index in [1.165, 1.54) is 0 Å². The van der Waals surface area contributed by atoms with Crippen molar-refractivity contribution < 1.29 is 4.79 Å². The molecule has 0 atom stereocenters. The molecule has 0 unspecified atom stereocenters. The van der Waals surface area contributed by atoms with Gasteiger partial charge in [-0.05, 0) is 57.3 Å². The Morgan fingerprint density at radius 2 is 1.76 bits per heavy atom. The molecule has 1 saturated carbocycles. The number of fused-ring (bicyclic) bond motifs is 2. The van der Waals surface area contributed by atoms with Gasteiger partial charge in [-0.2, -0.15) is 0 Å². The van der Waals surface area contributed by atoms with E-state index < -0.39 is 0 Å². The number of piperidine rings is 1. The van der Waals surface area contributed by atoms with Gasteiger partial charge >= 0.3 is 0 Å². The summed E-state index contributed by atoms with van der Waals surface area (Å²) in [5.41, 5.74) is 12.1. The third kappa shape index (κ3) is 4.78. The fourth-order valence-electron chi connectivity index (χ4n) is 6.74. The first kappa shape index (κ1) is 25.8. The molecule has 2 aliphatic rings. The lowest BCUT2D eigenvalue weighted by atomic mass is 9.77. The van der Waals surface area contributed by atoms with E-state index in [9.17, 15) is 4.79 Å². The van der Waals surface area contributed by atoms with E-state index in [0.29, 0.717) is 23.6 Å². The summed E-state index contributed by atoms with van der Waals surface area (Å²) in [5, 5.41) is 1.09. The molecule has 3 aromatic heterocycles. The first-order valence-electron chi connectivity index (χ1n) is 14.9. The number of nitrogens with zero attached hydrogens (tertiary/aromatic N) is 5. The van der Waals surface area contributed by atoms with Gasteiger partial charge in [0.25, 0.3) is 0 Å². The van der Waals surface area contributed by atoms with Gasteiger partial charge in [-0.15, -0.1) is 0 Å². The molecule has 1 aliphatic carbocycles. The number of anilines is 1. The molecule has 4 heterocycles. The van der Waals surface area contributed by atoms with Gasteiger partial charge in [0.1, 0.15) is 28.6 Å². The lowest BCUT2D eigenvalue weighted by Crippen LogP contribution is -2.48. The highest BCUT2D eigenvalue weighted by atomic mass is 16.1. The number of aromatic nitrogens is 4. The third-order valence-corrected chi connectivity index (χ3v) is 9.12. The summed E-state index contributed by atoms with van der Waals surface area (Å²) in [6.07, 6.45) is 9.59. The van der Waals surface area contributed by atoms with E-state index in [1.807, 2.05) is 24.4 Å². The third-order valence-electron chi connectivity index (χ3n) is 9.12. The Hall–Kier alpha value is -4.10. The van der Waals surface area contributed by atoms with Crippen LogP contribution in [0.3, 0.4) is 0 Å². The molecule has 7 rings (SSSR count). The predicted molar refractivity (Wildman–Crippen MR) is 164 cm³/mol. The Labute approximate surface area is 240 Å². The van der Waals surface area contributed by atoms with Gasteiger partial charge in [0.2, 0.25) is 0 Å². The number of pyridine rings is 1. The van der Waals surface area contributed by atoms with Gasteiger partial charge < -0.3 is 10.6 Å². The van der Waals surface area contributed by atoms with Crippen molar-refractivity contribution in [2.45, 2.75) is 57.4 Å². The lowest BCUT2D eigenvalue weighted by Gasteiger charge is -2.45. The van der Waals surface area contributed by atoms with Crippen LogP contribution >= 0.6 is 0 Å². The second kappa shape index (κ2) is 10.7. The fourth-order valence-corrected chi connectivity index (χ4v) is 6.74. The van der Waals surface area contributed by atoms with Crippen LogP contribution in [0.1, 0.15) is 57.2 Å². The molecule has 0 bridgehead atoms. The standard InChI is InChI=1S/C34H36N6O/c1-2-6-30(41)24-13-16-39(17-14-24)27-19-26(20-27)34-38-31(32-33(35)36-15-18-40(32)34)25-10-9-23-11-12-28(37-29(23)21-25)22-7-4-3-5-8-22/h3-5,7-12,15,18,21,24,26-27H,2,6,13-14,16-17,19-20H2,1H3,(H2,35,36)/t26-,27+. The Morgan fingerprint density at radius 1 is 0.976 bits per heavy atom. The quantitative estimate of drug-likeness (QED) is 0.251. The fraction of sp³-hybridized carbons (Fsp3) is 0.353. The number of imidazole rings is 1. The van der Waals surface area contributed by atoms with Crippen molar-refractivity contribution in [3.63, 3.8) is 0 Å². The highest BCUT2D eigenvalue weighted by molar-refractivity contribution is 5.91. The average Bonchev–Trinajstić information content (AvgIpc) is 3.37. The van der Waals surface area contributed by atoms with E-state index in [4.69, 9.17) is 15.7 Å². The Kier molecular flexibility index (Phi) is 6.75. The largest absolute Gasteiger partial charge is 0.382 e. The van der Waals surface area contributed by atoms with Crippen LogP contribution in [0.15, 0.2) is 73.1 Å². The molecule has 5 aromatic rings. The van der Waals surface area contributed by atoms with E-state index in [1.54, 1.807) is 6.20 Å². The van der Waals surface area contributed by atoms with E-state index in [0.717, 1.165) is 96.4 Å². The first-order valence-corrected chi connectivity index (χ1v) is 14.9. The van der Waals surface area contributed by atoms with Crippen molar-refractivity contribution in [2.24, 2.45) is 5.92 Å². The normalized spacial score (nSPS) is 19.9. The number of hydrogen-bond donors (Lipinski definition) is 1. The number of benzene rings is 2. The zero-order chi connectivity index (χ0) is 27.9. The van der Waals surface area contributed by atoms with Gasteiger partial charge in [-0.3, -0.25) is 9.20 Å². The van der Waals surface area contributed by atoms with Gasteiger partial charge in [0.05, 0.1) is 11.2 Å². The molecule has 41 heavy (non-hydrogen) atoms. The molecule has 0 amide bonds. The maximum Gasteiger partial charge on any atom is 0.150 e. The molecule has 208 valence electrons. The van der Waals surface area contributed by atoms with Crippen molar-refractivity contribution in [3.05, 3.63) is 78.9 Å². The molecule has 1 saturated heterocycles. The van der Waals surface area contributed by atoms with Crippen molar-refractivity contribution in [2.75, 3.05) is 18.8 Å². The highest BCUT2D eigenvalue weighted by Crippen LogP contribution is 2.43. The van der Waals surface area contributed by atoms with Crippen molar-refractivity contribution in [3.8, 4) is 22.5 Å². The highest BCUT2D eigenvalue weighted by Gasteiger charge is 2.39. The summed E-state index contributed by atoms with van der Waals surface area (Å²) in [4.78, 5) is 29.6. The van der Waals surface area contributed by atoms with Crippen LogP contribution in [0, 0.1) is 5.92 Å². The maximum atomic E-state index is 12.4. The maximum absolute atomic E-state index is 12.4. The zero-order valence-corrected chi connectivity index (χ0v) is 23.5. The molecule has 7 heteroatoms. The van der Waals surface area contributed by atoms with E-state index >= 15 is 0 Å². The minimum atomic E-state index is 0.261. The Morgan fingerprint density at radius 3 is 2.54 bits per heavy atom. The topological polar surface area (TPSA) is 89.4 Å². The lowest BCUT2D eigenvalue weighted by molar-refractivity contribution is -0.124. The number of likely N-dealkylation sites (tertiary alicyclic amines) is 1.